The quantitative estimate of drug-likeness (QED) is 0.0691. The Bertz CT molecular complexity index is 3400. The molecule has 0 radical (unpaired) electrons. The number of ketones is 2. The summed E-state index contributed by atoms with van der Waals surface area (Å²) in [6.45, 7) is 10.8. The largest absolute Gasteiger partial charge is 0.368 e. The Morgan fingerprint density at radius 2 is 0.967 bits per heavy atom. The number of ether oxygens (including phenoxy) is 2. The summed E-state index contributed by atoms with van der Waals surface area (Å²) in [7, 11) is -3.66. The van der Waals surface area contributed by atoms with Crippen LogP contribution in [0.5, 0.6) is 0 Å². The van der Waals surface area contributed by atoms with Crippen LogP contribution in [0, 0.1) is 57.0 Å². The van der Waals surface area contributed by atoms with E-state index in [0.29, 0.717) is 59.9 Å². The Morgan fingerprint density at radius 3 is 1.28 bits per heavy atom. The van der Waals surface area contributed by atoms with Gasteiger partial charge in [0.05, 0.1) is 29.8 Å². The van der Waals surface area contributed by atoms with Crippen molar-refractivity contribution in [2.24, 2.45) is 56.8 Å². The van der Waals surface area contributed by atoms with E-state index in [4.69, 9.17) is 71.9 Å². The maximum absolute atomic E-state index is 16.0. The van der Waals surface area contributed by atoms with Crippen molar-refractivity contribution < 1.29 is 60.0 Å². The number of nitrogens with one attached hydrogen (secondary N) is 2. The van der Waals surface area contributed by atoms with Crippen LogP contribution in [0.4, 0.5) is 20.2 Å². The van der Waals surface area contributed by atoms with Gasteiger partial charge in [0.1, 0.15) is 23.8 Å². The molecule has 4 amide bonds. The van der Waals surface area contributed by atoms with E-state index >= 15 is 8.78 Å². The van der Waals surface area contributed by atoms with Crippen LogP contribution in [-0.4, -0.2) is 89.3 Å². The topological polar surface area (TPSA) is 277 Å². The second-order valence-electron chi connectivity index (χ2n) is 27.9. The molecule has 8 aliphatic rings. The van der Waals surface area contributed by atoms with Crippen LogP contribution in [0.1, 0.15) is 171 Å². The summed E-state index contributed by atoms with van der Waals surface area (Å²) >= 11 is 25.2. The molecule has 6 heterocycles. The van der Waals surface area contributed by atoms with Gasteiger partial charge in [-0.2, -0.15) is 8.42 Å². The van der Waals surface area contributed by atoms with E-state index in [9.17, 15) is 37.2 Å². The molecular weight excluding hydrogens is 1260 g/mol. The number of hydrogen-bond acceptors (Lipinski definition) is 12. The van der Waals surface area contributed by atoms with E-state index in [1.165, 1.54) is 19.3 Å². The third kappa shape index (κ3) is 12.4. The predicted molar refractivity (Wildman–Crippen MR) is 338 cm³/mol. The molecule has 0 unspecified atom stereocenters. The maximum Gasteiger partial charge on any atom is 0.264 e. The zero-order chi connectivity index (χ0) is 65.3. The smallest absolute Gasteiger partial charge is 0.264 e. The summed E-state index contributed by atoms with van der Waals surface area (Å²) in [6.07, 6.45) is 11.5. The number of nitrogens with two attached hydrogens (primary N) is 2. The molecule has 24 heteroatoms. The molecule has 4 aliphatic heterocycles. The Hall–Kier alpha value is -5.19. The molecule has 0 bridgehead atoms. The zero-order valence-electron chi connectivity index (χ0n) is 51.1. The van der Waals surface area contributed by atoms with Crippen molar-refractivity contribution in [2.75, 3.05) is 29.6 Å². The highest BCUT2D eigenvalue weighted by atomic mass is 35.5. The summed E-state index contributed by atoms with van der Waals surface area (Å²) in [6, 6.07) is 13.9. The minimum atomic E-state index is -3.66. The zero-order valence-corrected chi connectivity index (χ0v) is 54.9. The van der Waals surface area contributed by atoms with Gasteiger partial charge < -0.3 is 31.6 Å². The lowest BCUT2D eigenvalue weighted by Gasteiger charge is -2.51. The van der Waals surface area contributed by atoms with E-state index < -0.39 is 91.1 Å². The number of amides is 4. The minimum absolute atomic E-state index is 0.0326. The van der Waals surface area contributed by atoms with E-state index in [1.54, 1.807) is 36.4 Å². The van der Waals surface area contributed by atoms with Gasteiger partial charge in [-0.15, -0.1) is 0 Å². The molecule has 2 aromatic heterocycles. The van der Waals surface area contributed by atoms with Crippen molar-refractivity contribution in [2.45, 2.75) is 172 Å². The number of carbonyl (C=O) groups excluding carboxylic acids is 6. The van der Waals surface area contributed by atoms with Gasteiger partial charge in [-0.3, -0.25) is 33.3 Å². The number of primary amides is 2. The fourth-order valence-corrected chi connectivity index (χ4v) is 17.7. The molecule has 4 aliphatic carbocycles. The highest BCUT2D eigenvalue weighted by molar-refractivity contribution is 7.85. The third-order valence-corrected chi connectivity index (χ3v) is 23.5. The number of aromatic nitrogens is 2. The van der Waals surface area contributed by atoms with Gasteiger partial charge in [-0.1, -0.05) is 86.2 Å². The first-order valence-electron chi connectivity index (χ1n) is 31.0. The number of pyridine rings is 2. The van der Waals surface area contributed by atoms with Gasteiger partial charge in [0.2, 0.25) is 23.6 Å². The number of benzene rings is 2. The number of Topliss-reactive ketones (excluding diaryl/α,β-unsaturated/α-hetero) is 2. The van der Waals surface area contributed by atoms with Crippen molar-refractivity contribution in [1.82, 2.24) is 9.97 Å². The molecule has 4 aromatic rings. The third-order valence-electron chi connectivity index (χ3n) is 21.7. The minimum Gasteiger partial charge on any atom is -0.368 e. The van der Waals surface area contributed by atoms with Crippen LogP contribution < -0.4 is 22.1 Å². The standard InChI is InChI=1S/2C32H36Cl2FN3O4.C2H6O3S/c2*1-30(2)8-10-31(11-9-30)15-20(23(39)13-17-3-6-24(28(36)40)42-16-17)25(19-7-12-37-27(34)26(19)35)32(31)21-5-4-18(33)14-22(21)38-29(32)41;1-2-6(3,4)5/h2*4-5,7,12,14,17,20,24-25H,3,6,8-11,13,15-16H2,1-2H3,(H2,36,40)(H,38,41);2H2,1H3,(H,3,4,5)/t2*17-,20-,24-,25-,32+;/m00./s1. The maximum atomic E-state index is 16.0. The van der Waals surface area contributed by atoms with Crippen molar-refractivity contribution in [3.63, 3.8) is 0 Å². The summed E-state index contributed by atoms with van der Waals surface area (Å²) in [4.78, 5) is 89.0. The molecule has 90 heavy (non-hydrogen) atoms. The number of hydrogen-bond donors (Lipinski definition) is 5. The van der Waals surface area contributed by atoms with Gasteiger partial charge >= 0.3 is 0 Å². The summed E-state index contributed by atoms with van der Waals surface area (Å²) in [5, 5.41) is 6.56. The lowest BCUT2D eigenvalue weighted by Crippen LogP contribution is -2.52. The van der Waals surface area contributed by atoms with Crippen LogP contribution >= 0.6 is 46.4 Å². The Labute approximate surface area is 543 Å². The normalized spacial score (nSPS) is 29.9. The van der Waals surface area contributed by atoms with Crippen LogP contribution in [0.2, 0.25) is 20.4 Å². The SMILES string of the molecule is CC1(C)CCC2(CC1)C[C@@H](C(=O)C[C@@H]1CC[C@@H](C(N)=O)OC1)[C@H](c1ccnc(Cl)c1F)[C@]21C(=O)Nc2cc(Cl)ccc21.CC1(C)CCC2(CC1)C[C@@H](C(=O)C[C@@H]1CC[C@@H](C(N)=O)OC1)[C@H](c1ccnc(Cl)c1F)[C@]21C(=O)Nc2cc(Cl)ccc21.CCS(=O)(=O)O. The monoisotopic (exact) mass is 1340 g/mol. The molecule has 17 nitrogen and oxygen atoms in total. The van der Waals surface area contributed by atoms with Crippen LogP contribution in [0.15, 0.2) is 60.9 Å². The van der Waals surface area contributed by atoms with Gasteiger partial charge in [0.15, 0.2) is 21.9 Å². The Kier molecular flexibility index (Phi) is 19.3. The molecule has 7 N–H and O–H groups in total. The van der Waals surface area contributed by atoms with Crippen molar-refractivity contribution >= 4 is 103 Å². The van der Waals surface area contributed by atoms with E-state index in [0.717, 1.165) is 62.5 Å². The average Bonchev–Trinajstić information content (AvgIpc) is 1.51. The predicted octanol–water partition coefficient (Wildman–Crippen LogP) is 12.6. The van der Waals surface area contributed by atoms with Crippen molar-refractivity contribution in [3.05, 3.63) is 115 Å². The highest BCUT2D eigenvalue weighted by Gasteiger charge is 2.74. The first-order chi connectivity index (χ1) is 42.3. The van der Waals surface area contributed by atoms with Crippen LogP contribution in [0.25, 0.3) is 0 Å². The molecule has 2 aromatic carbocycles. The Balaban J connectivity index is 0.000000182. The van der Waals surface area contributed by atoms with Gasteiger partial charge in [0, 0.05) is 70.3 Å². The van der Waals surface area contributed by atoms with E-state index in [1.807, 2.05) is 12.1 Å². The highest BCUT2D eigenvalue weighted by Crippen LogP contribution is 2.74. The number of nitrogens with zero attached hydrogens (tertiary/aromatic N) is 2. The van der Waals surface area contributed by atoms with E-state index in [-0.39, 0.29) is 99.3 Å². The fraction of sp³-hybridized carbons (Fsp3) is 0.576. The first-order valence-corrected chi connectivity index (χ1v) is 34.1. The van der Waals surface area contributed by atoms with Crippen LogP contribution in [0.3, 0.4) is 0 Å². The Morgan fingerprint density at radius 1 is 0.611 bits per heavy atom. The second-order valence-corrected chi connectivity index (χ2v) is 31.3. The molecule has 6 fully saturated rings. The molecule has 4 saturated carbocycles. The van der Waals surface area contributed by atoms with Crippen molar-refractivity contribution in [1.29, 1.82) is 0 Å². The molecule has 12 rings (SSSR count). The number of carbonyl (C=O) groups is 6. The number of fused-ring (bicyclic) bond motifs is 6. The van der Waals surface area contributed by atoms with E-state index in [2.05, 4.69) is 48.3 Å². The molecule has 2 saturated heterocycles. The molecular formula is C66H78Cl4F2N6O11S. The average molecular weight is 1340 g/mol. The van der Waals surface area contributed by atoms with Gasteiger partial charge in [-0.25, -0.2) is 18.7 Å². The molecule has 486 valence electrons. The summed E-state index contributed by atoms with van der Waals surface area (Å²) in [5.41, 5.74) is 10.7. The lowest BCUT2D eigenvalue weighted by atomic mass is 9.51. The second kappa shape index (κ2) is 25.6. The lowest BCUT2D eigenvalue weighted by molar-refractivity contribution is -0.136. The number of rotatable bonds is 11. The van der Waals surface area contributed by atoms with Crippen LogP contribution in [-0.2, 0) is 59.2 Å². The van der Waals surface area contributed by atoms with Gasteiger partial charge in [0.25, 0.3) is 10.1 Å². The van der Waals surface area contributed by atoms with Crippen molar-refractivity contribution in [3.8, 4) is 0 Å². The summed E-state index contributed by atoms with van der Waals surface area (Å²) in [5.74, 6) is -6.18. The molecule has 4 spiro atoms. The van der Waals surface area contributed by atoms with Gasteiger partial charge in [-0.05, 0) is 189 Å². The number of anilines is 2. The fourth-order valence-electron chi connectivity index (χ4n) is 17.1. The first kappa shape index (κ1) is 67.7. The molecule has 10 atom stereocenters. The number of halogens is 6. The summed E-state index contributed by atoms with van der Waals surface area (Å²) < 4.78 is 70.3.